The van der Waals surface area contributed by atoms with E-state index in [0.717, 1.165) is 16.3 Å². The third-order valence-corrected chi connectivity index (χ3v) is 3.88. The SMILES string of the molecule is N#CCC(=O)Nc1ccc(C(=O)OCc2cccc3ccccc23)cc1. The van der Waals surface area contributed by atoms with Crippen molar-refractivity contribution in [2.24, 2.45) is 0 Å². The molecule has 128 valence electrons. The predicted molar refractivity (Wildman–Crippen MR) is 98.4 cm³/mol. The largest absolute Gasteiger partial charge is 0.457 e. The maximum atomic E-state index is 12.2. The van der Waals surface area contributed by atoms with Crippen molar-refractivity contribution in [1.82, 2.24) is 0 Å². The van der Waals surface area contributed by atoms with Crippen LogP contribution in [0.4, 0.5) is 5.69 Å². The lowest BCUT2D eigenvalue weighted by Gasteiger charge is -2.09. The molecule has 0 bridgehead atoms. The van der Waals surface area contributed by atoms with Crippen LogP contribution in [0.2, 0.25) is 0 Å². The number of rotatable bonds is 5. The van der Waals surface area contributed by atoms with Gasteiger partial charge in [-0.3, -0.25) is 4.79 Å². The minimum Gasteiger partial charge on any atom is -0.457 e. The molecule has 1 amide bonds. The van der Waals surface area contributed by atoms with Gasteiger partial charge in [-0.15, -0.1) is 0 Å². The van der Waals surface area contributed by atoms with E-state index in [1.165, 1.54) is 0 Å². The summed E-state index contributed by atoms with van der Waals surface area (Å²) in [5, 5.41) is 13.2. The van der Waals surface area contributed by atoms with Gasteiger partial charge in [-0.05, 0) is 40.6 Å². The molecule has 0 aliphatic heterocycles. The zero-order chi connectivity index (χ0) is 18.4. The Hall–Kier alpha value is -3.65. The zero-order valence-electron chi connectivity index (χ0n) is 13.9. The topological polar surface area (TPSA) is 79.2 Å². The summed E-state index contributed by atoms with van der Waals surface area (Å²) in [5.74, 6) is -0.827. The normalized spacial score (nSPS) is 10.1. The number of nitrogens with zero attached hydrogens (tertiary/aromatic N) is 1. The van der Waals surface area contributed by atoms with Crippen molar-refractivity contribution in [2.75, 3.05) is 5.32 Å². The van der Waals surface area contributed by atoms with Crippen LogP contribution in [0, 0.1) is 11.3 Å². The number of nitrogens with one attached hydrogen (secondary N) is 1. The summed E-state index contributed by atoms with van der Waals surface area (Å²) < 4.78 is 5.41. The van der Waals surface area contributed by atoms with Crippen LogP contribution in [0.3, 0.4) is 0 Å². The first kappa shape index (κ1) is 17.2. The molecule has 0 saturated heterocycles. The van der Waals surface area contributed by atoms with Crippen LogP contribution in [0.15, 0.2) is 66.7 Å². The second-order valence-corrected chi connectivity index (χ2v) is 5.67. The first-order chi connectivity index (χ1) is 12.7. The molecule has 1 N–H and O–H groups in total. The minimum atomic E-state index is -0.437. The molecule has 0 spiro atoms. The lowest BCUT2D eigenvalue weighted by atomic mass is 10.1. The molecule has 0 aliphatic carbocycles. The number of carbonyl (C=O) groups is 2. The van der Waals surface area contributed by atoms with E-state index in [-0.39, 0.29) is 13.0 Å². The molecule has 0 radical (unpaired) electrons. The van der Waals surface area contributed by atoms with Gasteiger partial charge in [-0.25, -0.2) is 4.79 Å². The van der Waals surface area contributed by atoms with Gasteiger partial charge in [0.25, 0.3) is 0 Å². The summed E-state index contributed by atoms with van der Waals surface area (Å²) in [6.07, 6.45) is -0.213. The molecule has 0 aliphatic rings. The quantitative estimate of drug-likeness (QED) is 0.708. The monoisotopic (exact) mass is 344 g/mol. The van der Waals surface area contributed by atoms with E-state index in [4.69, 9.17) is 10.00 Å². The van der Waals surface area contributed by atoms with Crippen molar-refractivity contribution >= 4 is 28.3 Å². The summed E-state index contributed by atoms with van der Waals surface area (Å²) in [6.45, 7) is 0.181. The van der Waals surface area contributed by atoms with E-state index >= 15 is 0 Å². The number of hydrogen-bond donors (Lipinski definition) is 1. The van der Waals surface area contributed by atoms with Gasteiger partial charge >= 0.3 is 5.97 Å². The molecule has 0 fully saturated rings. The van der Waals surface area contributed by atoms with Crippen LogP contribution >= 0.6 is 0 Å². The van der Waals surface area contributed by atoms with Crippen LogP contribution in [0.1, 0.15) is 22.3 Å². The van der Waals surface area contributed by atoms with Gasteiger partial charge < -0.3 is 10.1 Å². The summed E-state index contributed by atoms with van der Waals surface area (Å²) in [5.41, 5.74) is 1.86. The molecule has 26 heavy (non-hydrogen) atoms. The Balaban J connectivity index is 1.65. The highest BCUT2D eigenvalue weighted by atomic mass is 16.5. The highest BCUT2D eigenvalue weighted by Crippen LogP contribution is 2.20. The molecule has 0 unspecified atom stereocenters. The van der Waals surface area contributed by atoms with Crippen LogP contribution in [0.5, 0.6) is 0 Å². The standard InChI is InChI=1S/C21H16N2O3/c22-13-12-20(24)23-18-10-8-16(9-11-18)21(25)26-14-17-6-3-5-15-4-1-2-7-19(15)17/h1-11H,12,14H2,(H,23,24). The fraction of sp³-hybridized carbons (Fsp3) is 0.0952. The van der Waals surface area contributed by atoms with Crippen LogP contribution in [0.25, 0.3) is 10.8 Å². The van der Waals surface area contributed by atoms with Gasteiger partial charge in [0.1, 0.15) is 13.0 Å². The molecule has 5 nitrogen and oxygen atoms in total. The van der Waals surface area contributed by atoms with E-state index in [9.17, 15) is 9.59 Å². The van der Waals surface area contributed by atoms with Crippen LogP contribution in [-0.2, 0) is 16.1 Å². The average Bonchev–Trinajstić information content (AvgIpc) is 2.67. The zero-order valence-corrected chi connectivity index (χ0v) is 13.9. The third kappa shape index (κ3) is 4.05. The highest BCUT2D eigenvalue weighted by molar-refractivity contribution is 5.94. The molecular formula is C21H16N2O3. The molecule has 0 heterocycles. The Morgan fingerprint density at radius 3 is 2.46 bits per heavy atom. The van der Waals surface area contributed by atoms with Crippen molar-refractivity contribution in [1.29, 1.82) is 5.26 Å². The van der Waals surface area contributed by atoms with Gasteiger partial charge in [0.2, 0.25) is 5.91 Å². The number of esters is 1. The van der Waals surface area contributed by atoms with Crippen LogP contribution < -0.4 is 5.32 Å². The van der Waals surface area contributed by atoms with Gasteiger partial charge in [0, 0.05) is 5.69 Å². The van der Waals surface area contributed by atoms with Gasteiger partial charge in [-0.2, -0.15) is 5.26 Å². The Bertz CT molecular complexity index is 983. The average molecular weight is 344 g/mol. The number of fused-ring (bicyclic) bond motifs is 1. The van der Waals surface area contributed by atoms with E-state index in [0.29, 0.717) is 11.3 Å². The summed E-state index contributed by atoms with van der Waals surface area (Å²) in [7, 11) is 0. The molecule has 3 rings (SSSR count). The van der Waals surface area contributed by atoms with E-state index < -0.39 is 11.9 Å². The Morgan fingerprint density at radius 2 is 1.69 bits per heavy atom. The molecule has 3 aromatic carbocycles. The lowest BCUT2D eigenvalue weighted by Crippen LogP contribution is -2.10. The third-order valence-electron chi connectivity index (χ3n) is 3.88. The number of amides is 1. The Labute approximate surface area is 150 Å². The number of nitriles is 1. The molecular weight excluding hydrogens is 328 g/mol. The number of hydrogen-bond acceptors (Lipinski definition) is 4. The molecule has 3 aromatic rings. The van der Waals surface area contributed by atoms with Crippen molar-refractivity contribution in [3.8, 4) is 6.07 Å². The summed E-state index contributed by atoms with van der Waals surface area (Å²) in [6, 6.07) is 21.9. The fourth-order valence-corrected chi connectivity index (χ4v) is 2.61. The predicted octanol–water partition coefficient (Wildman–Crippen LogP) is 4.05. The maximum Gasteiger partial charge on any atom is 0.338 e. The van der Waals surface area contributed by atoms with Gasteiger partial charge in [0.05, 0.1) is 11.6 Å². The molecule has 0 aromatic heterocycles. The maximum absolute atomic E-state index is 12.2. The smallest absolute Gasteiger partial charge is 0.338 e. The number of anilines is 1. The lowest BCUT2D eigenvalue weighted by molar-refractivity contribution is -0.115. The van der Waals surface area contributed by atoms with E-state index in [1.807, 2.05) is 42.5 Å². The minimum absolute atomic E-state index is 0.181. The highest BCUT2D eigenvalue weighted by Gasteiger charge is 2.09. The van der Waals surface area contributed by atoms with Crippen molar-refractivity contribution in [3.05, 3.63) is 77.9 Å². The second-order valence-electron chi connectivity index (χ2n) is 5.67. The van der Waals surface area contributed by atoms with Crippen molar-refractivity contribution in [3.63, 3.8) is 0 Å². The number of ether oxygens (including phenoxy) is 1. The number of benzene rings is 3. The first-order valence-electron chi connectivity index (χ1n) is 8.08. The Kier molecular flexibility index (Phi) is 5.25. The summed E-state index contributed by atoms with van der Waals surface area (Å²) >= 11 is 0. The Morgan fingerprint density at radius 1 is 0.962 bits per heavy atom. The fourth-order valence-electron chi connectivity index (χ4n) is 2.61. The number of carbonyl (C=O) groups excluding carboxylic acids is 2. The molecule has 5 heteroatoms. The molecule has 0 atom stereocenters. The van der Waals surface area contributed by atoms with E-state index in [2.05, 4.69) is 5.32 Å². The molecule has 0 saturated carbocycles. The van der Waals surface area contributed by atoms with Gasteiger partial charge in [0.15, 0.2) is 0 Å². The van der Waals surface area contributed by atoms with Gasteiger partial charge in [-0.1, -0.05) is 42.5 Å². The first-order valence-corrected chi connectivity index (χ1v) is 8.08. The van der Waals surface area contributed by atoms with Crippen molar-refractivity contribution in [2.45, 2.75) is 13.0 Å². The van der Waals surface area contributed by atoms with E-state index in [1.54, 1.807) is 30.3 Å². The van der Waals surface area contributed by atoms with Crippen LogP contribution in [-0.4, -0.2) is 11.9 Å². The summed E-state index contributed by atoms with van der Waals surface area (Å²) in [4.78, 5) is 23.6. The second kappa shape index (κ2) is 7.95. The van der Waals surface area contributed by atoms with Crippen molar-refractivity contribution < 1.29 is 14.3 Å².